The second-order valence-electron chi connectivity index (χ2n) is 3.57. The van der Waals surface area contributed by atoms with Crippen molar-refractivity contribution in [2.24, 2.45) is 0 Å². The summed E-state index contributed by atoms with van der Waals surface area (Å²) in [5, 5.41) is 9.32. The fourth-order valence-corrected chi connectivity index (χ4v) is 2.34. The zero-order chi connectivity index (χ0) is 11.4. The van der Waals surface area contributed by atoms with Crippen LogP contribution in [0, 0.1) is 5.82 Å². The number of rotatable bonds is 4. The summed E-state index contributed by atoms with van der Waals surface area (Å²) >= 11 is 1.52. The highest BCUT2D eigenvalue weighted by Crippen LogP contribution is 2.24. The predicted octanol–water partition coefficient (Wildman–Crippen LogP) is 2.60. The van der Waals surface area contributed by atoms with Crippen LogP contribution >= 0.6 is 11.3 Å². The first-order chi connectivity index (χ1) is 7.81. The number of aromatic nitrogens is 1. The van der Waals surface area contributed by atoms with Crippen LogP contribution in [-0.2, 0) is 6.42 Å². The number of thiazole rings is 1. The van der Waals surface area contributed by atoms with Crippen molar-refractivity contribution in [3.63, 3.8) is 0 Å². The van der Waals surface area contributed by atoms with Crippen molar-refractivity contribution in [1.29, 1.82) is 0 Å². The third-order valence-corrected chi connectivity index (χ3v) is 3.30. The molecule has 1 aromatic heterocycles. The number of nitrogens with zero attached hydrogens (tertiary/aromatic N) is 1. The normalized spacial score (nSPS) is 12.6. The number of aliphatic hydroxyl groups excluding tert-OH is 1. The van der Waals surface area contributed by atoms with E-state index in [1.807, 2.05) is 0 Å². The molecule has 1 atom stereocenters. The van der Waals surface area contributed by atoms with Crippen LogP contribution in [-0.4, -0.2) is 16.7 Å². The summed E-state index contributed by atoms with van der Waals surface area (Å²) in [6.45, 7) is -0.0567. The molecule has 1 N–H and O–H groups in total. The van der Waals surface area contributed by atoms with E-state index in [0.717, 1.165) is 4.88 Å². The van der Waals surface area contributed by atoms with E-state index in [1.54, 1.807) is 29.9 Å². The summed E-state index contributed by atoms with van der Waals surface area (Å²) in [5.74, 6) is -0.451. The zero-order valence-corrected chi connectivity index (χ0v) is 9.45. The van der Waals surface area contributed by atoms with Gasteiger partial charge in [0.25, 0.3) is 0 Å². The molecule has 0 saturated carbocycles. The van der Waals surface area contributed by atoms with Crippen LogP contribution in [0.2, 0.25) is 0 Å². The van der Waals surface area contributed by atoms with Gasteiger partial charge in [0.2, 0.25) is 0 Å². The molecule has 0 saturated heterocycles. The third-order valence-electron chi connectivity index (χ3n) is 2.50. The van der Waals surface area contributed by atoms with Gasteiger partial charge >= 0.3 is 0 Å². The van der Waals surface area contributed by atoms with E-state index in [0.29, 0.717) is 12.0 Å². The van der Waals surface area contributed by atoms with Crippen LogP contribution in [0.5, 0.6) is 0 Å². The summed E-state index contributed by atoms with van der Waals surface area (Å²) in [7, 11) is 0. The molecule has 0 radical (unpaired) electrons. The fraction of sp³-hybridized carbons (Fsp3) is 0.250. The van der Waals surface area contributed by atoms with Crippen LogP contribution in [0.15, 0.2) is 36.0 Å². The molecule has 0 aliphatic carbocycles. The first kappa shape index (κ1) is 11.2. The minimum absolute atomic E-state index is 0.0567. The van der Waals surface area contributed by atoms with E-state index in [-0.39, 0.29) is 18.3 Å². The van der Waals surface area contributed by atoms with E-state index in [4.69, 9.17) is 0 Å². The lowest BCUT2D eigenvalue weighted by Crippen LogP contribution is -2.09. The Balaban J connectivity index is 2.20. The molecule has 0 aliphatic rings. The van der Waals surface area contributed by atoms with Crippen molar-refractivity contribution in [2.75, 3.05) is 6.61 Å². The lowest BCUT2D eigenvalue weighted by Gasteiger charge is -2.13. The molecule has 1 heterocycles. The van der Waals surface area contributed by atoms with E-state index >= 15 is 0 Å². The molecule has 0 bridgehead atoms. The summed E-state index contributed by atoms with van der Waals surface area (Å²) in [6.07, 6.45) is 2.39. The second-order valence-corrected chi connectivity index (χ2v) is 4.54. The highest BCUT2D eigenvalue weighted by Gasteiger charge is 2.15. The standard InChI is InChI=1S/C12H12FNOS/c13-12-4-2-1-3-11(12)9(7-15)5-10-6-14-8-16-10/h1-4,6,8-9,15H,5,7H2. The van der Waals surface area contributed by atoms with Gasteiger partial charge in [0, 0.05) is 17.0 Å². The number of benzene rings is 1. The predicted molar refractivity (Wildman–Crippen MR) is 62.0 cm³/mol. The Kier molecular flexibility index (Phi) is 3.64. The summed E-state index contributed by atoms with van der Waals surface area (Å²) in [6, 6.07) is 6.58. The Morgan fingerprint density at radius 3 is 2.81 bits per heavy atom. The molecule has 0 spiro atoms. The van der Waals surface area contributed by atoms with Gasteiger partial charge in [-0.1, -0.05) is 18.2 Å². The molecule has 1 aromatic carbocycles. The number of aliphatic hydroxyl groups is 1. The molecule has 2 nitrogen and oxygen atoms in total. The van der Waals surface area contributed by atoms with Crippen molar-refractivity contribution in [3.05, 3.63) is 52.2 Å². The molecule has 4 heteroatoms. The Morgan fingerprint density at radius 1 is 1.38 bits per heavy atom. The van der Waals surface area contributed by atoms with Gasteiger partial charge in [-0.2, -0.15) is 0 Å². The van der Waals surface area contributed by atoms with Crippen LogP contribution in [0.3, 0.4) is 0 Å². The number of hydrogen-bond donors (Lipinski definition) is 1. The fourth-order valence-electron chi connectivity index (χ4n) is 1.66. The summed E-state index contributed by atoms with van der Waals surface area (Å²) in [4.78, 5) is 5.03. The second kappa shape index (κ2) is 5.18. The topological polar surface area (TPSA) is 33.1 Å². The van der Waals surface area contributed by atoms with E-state index in [1.165, 1.54) is 17.4 Å². The molecule has 0 aliphatic heterocycles. The van der Waals surface area contributed by atoms with E-state index in [9.17, 15) is 9.50 Å². The maximum atomic E-state index is 13.5. The van der Waals surface area contributed by atoms with Crippen LogP contribution in [0.25, 0.3) is 0 Å². The van der Waals surface area contributed by atoms with Crippen molar-refractivity contribution < 1.29 is 9.50 Å². The van der Waals surface area contributed by atoms with Gasteiger partial charge in [-0.3, -0.25) is 4.98 Å². The van der Waals surface area contributed by atoms with E-state index in [2.05, 4.69) is 4.98 Å². The van der Waals surface area contributed by atoms with Gasteiger partial charge in [0.05, 0.1) is 12.1 Å². The summed E-state index contributed by atoms with van der Waals surface area (Å²) < 4.78 is 13.5. The molecule has 0 amide bonds. The third kappa shape index (κ3) is 2.46. The average molecular weight is 237 g/mol. The van der Waals surface area contributed by atoms with Crippen molar-refractivity contribution >= 4 is 11.3 Å². The Morgan fingerprint density at radius 2 is 2.19 bits per heavy atom. The van der Waals surface area contributed by atoms with Crippen molar-refractivity contribution in [1.82, 2.24) is 4.98 Å². The summed E-state index contributed by atoms with van der Waals surface area (Å²) in [5.41, 5.74) is 2.31. The lowest BCUT2D eigenvalue weighted by molar-refractivity contribution is 0.262. The smallest absolute Gasteiger partial charge is 0.126 e. The van der Waals surface area contributed by atoms with Gasteiger partial charge in [-0.25, -0.2) is 4.39 Å². The molecular weight excluding hydrogens is 225 g/mol. The molecule has 2 rings (SSSR count). The van der Waals surface area contributed by atoms with E-state index < -0.39 is 0 Å². The maximum absolute atomic E-state index is 13.5. The number of hydrogen-bond acceptors (Lipinski definition) is 3. The van der Waals surface area contributed by atoms with Crippen LogP contribution in [0.4, 0.5) is 4.39 Å². The van der Waals surface area contributed by atoms with Gasteiger partial charge in [0.15, 0.2) is 0 Å². The highest BCUT2D eigenvalue weighted by molar-refractivity contribution is 7.09. The maximum Gasteiger partial charge on any atom is 0.126 e. The molecule has 2 aromatic rings. The average Bonchev–Trinajstić information content (AvgIpc) is 2.80. The van der Waals surface area contributed by atoms with Gasteiger partial charge in [-0.15, -0.1) is 11.3 Å². The first-order valence-corrected chi connectivity index (χ1v) is 5.92. The van der Waals surface area contributed by atoms with Gasteiger partial charge in [-0.05, 0) is 18.1 Å². The lowest BCUT2D eigenvalue weighted by atomic mass is 9.95. The number of halogens is 1. The molecule has 84 valence electrons. The minimum Gasteiger partial charge on any atom is -0.396 e. The molecule has 0 fully saturated rings. The van der Waals surface area contributed by atoms with Crippen molar-refractivity contribution in [2.45, 2.75) is 12.3 Å². The van der Waals surface area contributed by atoms with Gasteiger partial charge < -0.3 is 5.11 Å². The quantitative estimate of drug-likeness (QED) is 0.886. The van der Waals surface area contributed by atoms with Crippen LogP contribution < -0.4 is 0 Å². The highest BCUT2D eigenvalue weighted by atomic mass is 32.1. The SMILES string of the molecule is OCC(Cc1cncs1)c1ccccc1F. The zero-order valence-electron chi connectivity index (χ0n) is 8.64. The minimum atomic E-state index is -0.258. The Bertz CT molecular complexity index is 444. The van der Waals surface area contributed by atoms with Gasteiger partial charge in [0.1, 0.15) is 5.82 Å². The Hall–Kier alpha value is -1.26. The van der Waals surface area contributed by atoms with Crippen LogP contribution in [0.1, 0.15) is 16.4 Å². The monoisotopic (exact) mass is 237 g/mol. The Labute approximate surface area is 97.4 Å². The molecule has 16 heavy (non-hydrogen) atoms. The largest absolute Gasteiger partial charge is 0.396 e. The van der Waals surface area contributed by atoms with Crippen molar-refractivity contribution in [3.8, 4) is 0 Å². The molecule has 1 unspecified atom stereocenters. The first-order valence-electron chi connectivity index (χ1n) is 5.04. The molecular formula is C12H12FNOS.